The highest BCUT2D eigenvalue weighted by atomic mass is 79.9. The van der Waals surface area contributed by atoms with Crippen molar-refractivity contribution in [2.24, 2.45) is 5.41 Å². The number of halogens is 1. The van der Waals surface area contributed by atoms with Crippen LogP contribution in [0.2, 0.25) is 0 Å². The molecule has 0 bridgehead atoms. The molecule has 2 heterocycles. The standard InChI is InChI=1S/C29H32BrN3O2/c1-19-14-15-33-24(16-19)31-25(26(33)32-29(5,6)18-28(2,3)4)20-10-9-11-21(17-20)35-27(34)22-12-7-8-13-23(22)30/h7-17,32H,18H2,1-6H3. The zero-order valence-corrected chi connectivity index (χ0v) is 22.7. The van der Waals surface area contributed by atoms with E-state index in [1.54, 1.807) is 12.1 Å². The SMILES string of the molecule is Cc1ccn2c(NC(C)(C)CC(C)(C)C)c(-c3cccc(OC(=O)c4ccccc4Br)c3)nc2c1. The van der Waals surface area contributed by atoms with Gasteiger partial charge in [0.05, 0.1) is 5.56 Å². The Hall–Kier alpha value is -3.12. The van der Waals surface area contributed by atoms with Crippen molar-refractivity contribution in [3.05, 3.63) is 82.5 Å². The number of imidazole rings is 1. The zero-order chi connectivity index (χ0) is 25.4. The third-order valence-electron chi connectivity index (χ3n) is 5.62. The van der Waals surface area contributed by atoms with Crippen molar-refractivity contribution in [3.63, 3.8) is 0 Å². The number of fused-ring (bicyclic) bond motifs is 1. The molecule has 182 valence electrons. The largest absolute Gasteiger partial charge is 0.423 e. The fourth-order valence-corrected chi connectivity index (χ4v) is 5.10. The number of pyridine rings is 1. The summed E-state index contributed by atoms with van der Waals surface area (Å²) in [7, 11) is 0. The Balaban J connectivity index is 1.73. The number of carbonyl (C=O) groups excluding carboxylic acids is 1. The fourth-order valence-electron chi connectivity index (χ4n) is 4.65. The molecule has 0 atom stereocenters. The molecule has 4 rings (SSSR count). The van der Waals surface area contributed by atoms with E-state index in [1.807, 2.05) is 42.6 Å². The van der Waals surface area contributed by atoms with Crippen LogP contribution < -0.4 is 10.1 Å². The molecule has 6 heteroatoms. The number of nitrogens with zero attached hydrogens (tertiary/aromatic N) is 2. The molecule has 2 aromatic heterocycles. The van der Waals surface area contributed by atoms with Gasteiger partial charge in [0.15, 0.2) is 0 Å². The molecule has 0 unspecified atom stereocenters. The predicted octanol–water partition coefficient (Wildman–Crippen LogP) is 7.92. The van der Waals surface area contributed by atoms with Crippen molar-refractivity contribution >= 4 is 33.4 Å². The Labute approximate surface area is 215 Å². The molecular weight excluding hydrogens is 502 g/mol. The van der Waals surface area contributed by atoms with E-state index in [-0.39, 0.29) is 11.0 Å². The maximum absolute atomic E-state index is 12.8. The van der Waals surface area contributed by atoms with Crippen LogP contribution in [0.3, 0.4) is 0 Å². The first-order chi connectivity index (χ1) is 16.4. The van der Waals surface area contributed by atoms with Crippen molar-refractivity contribution in [3.8, 4) is 17.0 Å². The number of carbonyl (C=O) groups is 1. The summed E-state index contributed by atoms with van der Waals surface area (Å²) < 4.78 is 8.51. The molecule has 5 nitrogen and oxygen atoms in total. The third kappa shape index (κ3) is 5.93. The lowest BCUT2D eigenvalue weighted by Gasteiger charge is -2.34. The smallest absolute Gasteiger partial charge is 0.344 e. The number of esters is 1. The normalized spacial score (nSPS) is 12.1. The van der Waals surface area contributed by atoms with Crippen molar-refractivity contribution in [1.29, 1.82) is 0 Å². The Bertz CT molecular complexity index is 1380. The van der Waals surface area contributed by atoms with Gasteiger partial charge in [-0.25, -0.2) is 9.78 Å². The van der Waals surface area contributed by atoms with Crippen LogP contribution >= 0.6 is 15.9 Å². The van der Waals surface area contributed by atoms with Gasteiger partial charge in [0.2, 0.25) is 0 Å². The number of nitrogens with one attached hydrogen (secondary N) is 1. The van der Waals surface area contributed by atoms with E-state index in [0.717, 1.165) is 34.7 Å². The highest BCUT2D eigenvalue weighted by Crippen LogP contribution is 2.36. The lowest BCUT2D eigenvalue weighted by Crippen LogP contribution is -2.36. The molecule has 0 amide bonds. The van der Waals surface area contributed by atoms with Crippen molar-refractivity contribution in [2.75, 3.05) is 5.32 Å². The van der Waals surface area contributed by atoms with E-state index in [0.29, 0.717) is 15.8 Å². The quantitative estimate of drug-likeness (QED) is 0.202. The molecule has 0 aliphatic carbocycles. The minimum Gasteiger partial charge on any atom is -0.423 e. The summed E-state index contributed by atoms with van der Waals surface area (Å²) in [6.07, 6.45) is 3.02. The van der Waals surface area contributed by atoms with Gasteiger partial charge in [-0.15, -0.1) is 0 Å². The van der Waals surface area contributed by atoms with E-state index in [1.165, 1.54) is 0 Å². The summed E-state index contributed by atoms with van der Waals surface area (Å²) in [4.78, 5) is 17.7. The van der Waals surface area contributed by atoms with Crippen molar-refractivity contribution in [2.45, 2.75) is 53.5 Å². The maximum Gasteiger partial charge on any atom is 0.344 e. The monoisotopic (exact) mass is 533 g/mol. The number of benzene rings is 2. The van der Waals surface area contributed by atoms with Gasteiger partial charge in [-0.2, -0.15) is 0 Å². The maximum atomic E-state index is 12.8. The molecule has 1 N–H and O–H groups in total. The first-order valence-electron chi connectivity index (χ1n) is 11.8. The molecule has 0 radical (unpaired) electrons. The minimum atomic E-state index is -0.412. The molecule has 0 aliphatic rings. The summed E-state index contributed by atoms with van der Waals surface area (Å²) in [6.45, 7) is 13.2. The van der Waals surface area contributed by atoms with Gasteiger partial charge in [0.25, 0.3) is 0 Å². The summed E-state index contributed by atoms with van der Waals surface area (Å²) in [6, 6.07) is 18.9. The van der Waals surface area contributed by atoms with Crippen LogP contribution in [0.1, 0.15) is 57.0 Å². The van der Waals surface area contributed by atoms with Crippen LogP contribution in [0, 0.1) is 12.3 Å². The Kier molecular flexibility index (Phi) is 6.78. The minimum absolute atomic E-state index is 0.160. The highest BCUT2D eigenvalue weighted by molar-refractivity contribution is 9.10. The number of anilines is 1. The second kappa shape index (κ2) is 9.50. The van der Waals surface area contributed by atoms with E-state index in [4.69, 9.17) is 9.72 Å². The van der Waals surface area contributed by atoms with Crippen LogP contribution in [0.25, 0.3) is 16.9 Å². The molecule has 0 saturated carbocycles. The summed E-state index contributed by atoms with van der Waals surface area (Å²) in [5, 5.41) is 3.76. The van der Waals surface area contributed by atoms with Crippen LogP contribution in [0.15, 0.2) is 71.3 Å². The molecule has 2 aromatic carbocycles. The summed E-state index contributed by atoms with van der Waals surface area (Å²) >= 11 is 3.42. The first kappa shape index (κ1) is 25.0. The third-order valence-corrected chi connectivity index (χ3v) is 6.31. The summed E-state index contributed by atoms with van der Waals surface area (Å²) in [5.41, 5.74) is 4.17. The van der Waals surface area contributed by atoms with Gasteiger partial charge in [-0.05, 0) is 90.5 Å². The Morgan fingerprint density at radius 2 is 1.77 bits per heavy atom. The molecule has 0 aliphatic heterocycles. The predicted molar refractivity (Wildman–Crippen MR) is 146 cm³/mol. The number of rotatable bonds is 6. The molecule has 0 spiro atoms. The van der Waals surface area contributed by atoms with Crippen molar-refractivity contribution in [1.82, 2.24) is 9.38 Å². The average Bonchev–Trinajstić information content (AvgIpc) is 3.09. The van der Waals surface area contributed by atoms with Gasteiger partial charge in [0, 0.05) is 21.8 Å². The van der Waals surface area contributed by atoms with Gasteiger partial charge in [-0.3, -0.25) is 4.40 Å². The fraction of sp³-hybridized carbons (Fsp3) is 0.310. The first-order valence-corrected chi connectivity index (χ1v) is 12.6. The van der Waals surface area contributed by atoms with Gasteiger partial charge in [0.1, 0.15) is 22.9 Å². The topological polar surface area (TPSA) is 55.6 Å². The highest BCUT2D eigenvalue weighted by Gasteiger charge is 2.28. The molecule has 0 saturated heterocycles. The number of hydrogen-bond donors (Lipinski definition) is 1. The van der Waals surface area contributed by atoms with E-state index >= 15 is 0 Å². The lowest BCUT2D eigenvalue weighted by molar-refractivity contribution is 0.0734. The van der Waals surface area contributed by atoms with E-state index < -0.39 is 5.97 Å². The van der Waals surface area contributed by atoms with E-state index in [9.17, 15) is 4.79 Å². The number of ether oxygens (including phenoxy) is 1. The number of aryl methyl sites for hydroxylation is 1. The molecule has 4 aromatic rings. The molecular formula is C29H32BrN3O2. The number of aromatic nitrogens is 2. The average molecular weight is 534 g/mol. The van der Waals surface area contributed by atoms with Gasteiger partial charge >= 0.3 is 5.97 Å². The Morgan fingerprint density at radius 3 is 2.49 bits per heavy atom. The van der Waals surface area contributed by atoms with Gasteiger partial charge in [-0.1, -0.05) is 45.0 Å². The number of hydrogen-bond acceptors (Lipinski definition) is 4. The molecule has 35 heavy (non-hydrogen) atoms. The van der Waals surface area contributed by atoms with E-state index in [2.05, 4.69) is 79.3 Å². The van der Waals surface area contributed by atoms with Crippen molar-refractivity contribution < 1.29 is 9.53 Å². The lowest BCUT2D eigenvalue weighted by atomic mass is 9.82. The van der Waals surface area contributed by atoms with Gasteiger partial charge < -0.3 is 10.1 Å². The van der Waals surface area contributed by atoms with Crippen LogP contribution in [0.4, 0.5) is 5.82 Å². The van der Waals surface area contributed by atoms with Crippen LogP contribution in [-0.4, -0.2) is 20.9 Å². The Morgan fingerprint density at radius 1 is 1.03 bits per heavy atom. The second-order valence-corrected chi connectivity index (χ2v) is 11.7. The van der Waals surface area contributed by atoms with Crippen LogP contribution in [0.5, 0.6) is 5.75 Å². The molecule has 0 fully saturated rings. The second-order valence-electron chi connectivity index (χ2n) is 10.9. The summed E-state index contributed by atoms with van der Waals surface area (Å²) in [5.74, 6) is 0.977. The van der Waals surface area contributed by atoms with Crippen LogP contribution in [-0.2, 0) is 0 Å². The zero-order valence-electron chi connectivity index (χ0n) is 21.1.